The van der Waals surface area contributed by atoms with Crippen molar-refractivity contribution >= 4 is 63.3 Å². The monoisotopic (exact) mass is 953 g/mol. The number of benzene rings is 5. The average molecular weight is 954 g/mol. The molecule has 3 N–H and O–H groups in total. The molecule has 5 aromatic carbocycles. The Balaban J connectivity index is 0.00000338. The van der Waals surface area contributed by atoms with Gasteiger partial charge >= 0.3 is 5.97 Å². The minimum absolute atomic E-state index is 0.0110. The number of carboxylic acid groups (broad SMARTS) is 1. The third-order valence-electron chi connectivity index (χ3n) is 12.0. The van der Waals surface area contributed by atoms with E-state index in [0.29, 0.717) is 52.4 Å². The van der Waals surface area contributed by atoms with Crippen LogP contribution in [-0.4, -0.2) is 99.5 Å². The van der Waals surface area contributed by atoms with Crippen LogP contribution in [0.5, 0.6) is 5.75 Å². The molecule has 8 rings (SSSR count). The van der Waals surface area contributed by atoms with E-state index in [-0.39, 0.29) is 28.3 Å². The maximum atomic E-state index is 13.6. The number of aryl methyl sites for hydroxylation is 3. The fourth-order valence-electron chi connectivity index (χ4n) is 8.53. The molecule has 1 aliphatic rings. The molecule has 15 heteroatoms. The van der Waals surface area contributed by atoms with Crippen LogP contribution in [0.15, 0.2) is 131 Å². The van der Waals surface area contributed by atoms with Gasteiger partial charge < -0.3 is 25.0 Å². The number of nitro benzene ring substituents is 1. The van der Waals surface area contributed by atoms with Crippen molar-refractivity contribution in [2.75, 3.05) is 57.4 Å². The lowest BCUT2D eigenvalue weighted by molar-refractivity contribution is -0.384. The van der Waals surface area contributed by atoms with Gasteiger partial charge in [0.15, 0.2) is 5.69 Å². The Labute approximate surface area is 406 Å². The van der Waals surface area contributed by atoms with E-state index in [0.717, 1.165) is 95.0 Å². The van der Waals surface area contributed by atoms with Crippen molar-refractivity contribution in [1.29, 1.82) is 0 Å². The molecule has 1 aliphatic heterocycles. The Hall–Kier alpha value is -6.39. The second-order valence-corrected chi connectivity index (χ2v) is 18.6. The number of fused-ring (bicyclic) bond motifs is 2. The first kappa shape index (κ1) is 49.5. The zero-order valence-electron chi connectivity index (χ0n) is 39.2. The number of anilines is 1. The molecule has 0 bridgehead atoms. The molecule has 1 atom stereocenters. The molecular formula is C53H59N7O6S2. The number of piperazine rings is 1. The first-order valence-electron chi connectivity index (χ1n) is 23.1. The van der Waals surface area contributed by atoms with Gasteiger partial charge in [0.25, 0.3) is 11.6 Å². The molecule has 0 spiro atoms. The number of nitro groups is 1. The van der Waals surface area contributed by atoms with E-state index in [9.17, 15) is 24.8 Å². The van der Waals surface area contributed by atoms with E-state index in [2.05, 4.69) is 44.1 Å². The van der Waals surface area contributed by atoms with E-state index in [1.54, 1.807) is 40.5 Å². The number of aromatic nitrogens is 2. The molecule has 354 valence electrons. The number of nitrogens with zero attached hydrogens (tertiary/aromatic N) is 5. The van der Waals surface area contributed by atoms with Crippen molar-refractivity contribution in [3.05, 3.63) is 159 Å². The Morgan fingerprint density at radius 3 is 2.31 bits per heavy atom. The van der Waals surface area contributed by atoms with E-state index in [1.807, 2.05) is 107 Å². The summed E-state index contributed by atoms with van der Waals surface area (Å²) >= 11 is 2.75. The summed E-state index contributed by atoms with van der Waals surface area (Å²) in [5.41, 5.74) is 5.23. The maximum absolute atomic E-state index is 13.6. The van der Waals surface area contributed by atoms with Crippen LogP contribution >= 0.6 is 23.7 Å². The number of rotatable bonds is 19. The zero-order chi connectivity index (χ0) is 48.2. The summed E-state index contributed by atoms with van der Waals surface area (Å²) in [6.07, 6.45) is 1.85. The lowest BCUT2D eigenvalue weighted by Crippen LogP contribution is -2.45. The number of nitrogens with one attached hydrogen (secondary N) is 2. The zero-order valence-corrected chi connectivity index (χ0v) is 40.9. The molecule has 0 aliphatic carbocycles. The van der Waals surface area contributed by atoms with Crippen LogP contribution < -0.4 is 14.8 Å². The van der Waals surface area contributed by atoms with Crippen LogP contribution in [0.4, 0.5) is 11.4 Å². The molecule has 1 fully saturated rings. The van der Waals surface area contributed by atoms with E-state index >= 15 is 0 Å². The van der Waals surface area contributed by atoms with Crippen LogP contribution in [0.3, 0.4) is 0 Å². The number of ether oxygens (including phenoxy) is 1. The highest BCUT2D eigenvalue weighted by Gasteiger charge is 2.24. The summed E-state index contributed by atoms with van der Waals surface area (Å²) in [6, 6.07) is 38.4. The van der Waals surface area contributed by atoms with Crippen LogP contribution in [0.2, 0.25) is 0 Å². The van der Waals surface area contributed by atoms with Gasteiger partial charge in [0.05, 0.1) is 22.7 Å². The number of carbonyl (C=O) groups excluding carboxylic acids is 1. The van der Waals surface area contributed by atoms with Crippen molar-refractivity contribution in [3.63, 3.8) is 0 Å². The molecule has 68 heavy (non-hydrogen) atoms. The maximum Gasteiger partial charge on any atom is 0.356 e. The molecular weight excluding hydrogens is 895 g/mol. The standard InChI is InChI=1S/C51H53N7O6S2.C2H6/c1-34-30-37(31-35(2)48(34)45-19-10-18-44-42(49(51(60)61)53-57(44)45)17-11-29-64-47-20-9-13-36-12-7-8-16-41(36)47)50(59)54-66-40-21-22-43(46(32-40)58(62)63)52-38(33-65-39-14-5-4-6-15-39)23-24-56-27-25-55(3)26-28-56;1-2/h4-10,12-16,18-22,30-32,38,52H,11,17,23-29,33H2,1-3H3,(H,54,59)(H,60,61);1-2H3. The Bertz CT molecular complexity index is 2840. The topological polar surface area (TPSA) is 155 Å². The van der Waals surface area contributed by atoms with Gasteiger partial charge in [-0.1, -0.05) is 74.5 Å². The highest BCUT2D eigenvalue weighted by molar-refractivity contribution is 7.99. The van der Waals surface area contributed by atoms with Crippen LogP contribution in [0.1, 0.15) is 64.2 Å². The van der Waals surface area contributed by atoms with Crippen LogP contribution in [0.25, 0.3) is 27.5 Å². The van der Waals surface area contributed by atoms with E-state index < -0.39 is 5.97 Å². The number of carbonyl (C=O) groups is 2. The molecule has 1 unspecified atom stereocenters. The quantitative estimate of drug-likeness (QED) is 0.0232. The molecule has 0 radical (unpaired) electrons. The summed E-state index contributed by atoms with van der Waals surface area (Å²) in [4.78, 5) is 44.7. The number of thioether (sulfide) groups is 1. The Morgan fingerprint density at radius 1 is 0.868 bits per heavy atom. The largest absolute Gasteiger partial charge is 0.493 e. The predicted molar refractivity (Wildman–Crippen MR) is 276 cm³/mol. The highest BCUT2D eigenvalue weighted by Crippen LogP contribution is 2.34. The summed E-state index contributed by atoms with van der Waals surface area (Å²) in [5, 5.41) is 32.9. The van der Waals surface area contributed by atoms with Crippen LogP contribution in [0, 0.1) is 24.0 Å². The van der Waals surface area contributed by atoms with Crippen molar-refractivity contribution in [2.24, 2.45) is 0 Å². The van der Waals surface area contributed by atoms with Gasteiger partial charge in [0.1, 0.15) is 11.4 Å². The molecule has 2 aromatic heterocycles. The molecule has 0 saturated carbocycles. The SMILES string of the molecule is CC.Cc1cc(C(=O)NSc2ccc(NC(CCN3CCN(C)CC3)CSc3ccccc3)c([N+](=O)[O-])c2)cc(C)c1-c1cccc2c(CCCOc3cccc4ccccc34)c(C(=O)O)nn12. The second-order valence-electron chi connectivity index (χ2n) is 16.6. The van der Waals surface area contributed by atoms with E-state index in [4.69, 9.17) is 4.74 Å². The third-order valence-corrected chi connectivity index (χ3v) is 13.9. The summed E-state index contributed by atoms with van der Waals surface area (Å²) < 4.78 is 10.7. The van der Waals surface area contributed by atoms with Gasteiger partial charge in [0, 0.05) is 82.5 Å². The molecule has 1 saturated heterocycles. The molecule has 13 nitrogen and oxygen atoms in total. The Kier molecular flexibility index (Phi) is 17.2. The number of pyridine rings is 1. The normalized spacial score (nSPS) is 13.4. The van der Waals surface area contributed by atoms with Crippen molar-refractivity contribution < 1.29 is 24.4 Å². The van der Waals surface area contributed by atoms with Gasteiger partial charge in [-0.15, -0.1) is 11.8 Å². The number of carboxylic acids is 1. The average Bonchev–Trinajstić information content (AvgIpc) is 3.74. The summed E-state index contributed by atoms with van der Waals surface area (Å²) in [5.74, 6) is 0.0573. The number of aromatic carboxylic acids is 1. The van der Waals surface area contributed by atoms with Gasteiger partial charge in [0.2, 0.25) is 0 Å². The summed E-state index contributed by atoms with van der Waals surface area (Å²) in [7, 11) is 2.14. The molecule has 7 aromatic rings. The number of hydrogen-bond acceptors (Lipinski definition) is 11. The first-order valence-corrected chi connectivity index (χ1v) is 24.9. The number of likely N-dealkylation sites (N-methyl/N-ethyl adjacent to an activating group) is 1. The van der Waals surface area contributed by atoms with Gasteiger partial charge in [-0.3, -0.25) is 19.6 Å². The van der Waals surface area contributed by atoms with Gasteiger partial charge in [-0.25, -0.2) is 9.31 Å². The van der Waals surface area contributed by atoms with Crippen molar-refractivity contribution in [1.82, 2.24) is 24.1 Å². The van der Waals surface area contributed by atoms with Crippen LogP contribution in [-0.2, 0) is 6.42 Å². The molecule has 3 heterocycles. The fraction of sp³-hybridized carbons (Fsp3) is 0.302. The first-order chi connectivity index (χ1) is 33.0. The predicted octanol–water partition coefficient (Wildman–Crippen LogP) is 11.1. The summed E-state index contributed by atoms with van der Waals surface area (Å²) in [6.45, 7) is 13.2. The Morgan fingerprint density at radius 2 is 1.57 bits per heavy atom. The van der Waals surface area contributed by atoms with Gasteiger partial charge in [-0.05, 0) is 123 Å². The lowest BCUT2D eigenvalue weighted by Gasteiger charge is -2.33. The van der Waals surface area contributed by atoms with E-state index in [1.165, 1.54) is 6.07 Å². The minimum atomic E-state index is -1.11. The lowest BCUT2D eigenvalue weighted by atomic mass is 9.96. The second kappa shape index (κ2) is 23.6. The number of hydrogen-bond donors (Lipinski definition) is 3. The van der Waals surface area contributed by atoms with Crippen molar-refractivity contribution in [2.45, 2.75) is 62.8 Å². The number of amides is 1. The smallest absolute Gasteiger partial charge is 0.356 e. The highest BCUT2D eigenvalue weighted by atomic mass is 32.2. The molecule has 1 amide bonds. The fourth-order valence-corrected chi connectivity index (χ4v) is 10.2. The third kappa shape index (κ3) is 12.2. The minimum Gasteiger partial charge on any atom is -0.493 e. The van der Waals surface area contributed by atoms with Crippen molar-refractivity contribution in [3.8, 4) is 17.0 Å². The van der Waals surface area contributed by atoms with Gasteiger partial charge in [-0.2, -0.15) is 5.10 Å².